The molecule has 1 aliphatic rings. The summed E-state index contributed by atoms with van der Waals surface area (Å²) in [5.74, 6) is -0.262. The van der Waals surface area contributed by atoms with Gasteiger partial charge in [-0.05, 0) is 54.9 Å². The molecule has 0 spiro atoms. The van der Waals surface area contributed by atoms with Crippen LogP contribution in [0.1, 0.15) is 16.7 Å². The van der Waals surface area contributed by atoms with Crippen molar-refractivity contribution in [3.05, 3.63) is 70.3 Å². The first kappa shape index (κ1) is 16.7. The van der Waals surface area contributed by atoms with E-state index in [2.05, 4.69) is 0 Å². The van der Waals surface area contributed by atoms with Crippen LogP contribution >= 0.6 is 11.8 Å². The zero-order valence-electron chi connectivity index (χ0n) is 14.8. The Hall–Kier alpha value is -2.79. The van der Waals surface area contributed by atoms with Gasteiger partial charge in [-0.3, -0.25) is 9.59 Å². The van der Waals surface area contributed by atoms with Gasteiger partial charge in [0.1, 0.15) is 0 Å². The highest BCUT2D eigenvalue weighted by Crippen LogP contribution is 2.38. The number of anilines is 1. The predicted molar refractivity (Wildman–Crippen MR) is 107 cm³/mol. The number of imide groups is 1. The van der Waals surface area contributed by atoms with E-state index in [1.54, 1.807) is 0 Å². The Morgan fingerprint density at radius 2 is 1.81 bits per heavy atom. The predicted octanol–water partition coefficient (Wildman–Crippen LogP) is 5.04. The van der Waals surface area contributed by atoms with Crippen LogP contribution < -0.4 is 4.90 Å². The first-order valence-corrected chi connectivity index (χ1v) is 9.16. The number of rotatable bonds is 2. The molecule has 1 aliphatic heterocycles. The molecule has 4 nitrogen and oxygen atoms in total. The first-order chi connectivity index (χ1) is 12.5. The number of carbonyl (C=O) groups is 2. The van der Waals surface area contributed by atoms with Crippen LogP contribution in [-0.2, 0) is 11.8 Å². The van der Waals surface area contributed by atoms with Crippen molar-refractivity contribution >= 4 is 45.6 Å². The largest absolute Gasteiger partial charge is 0.350 e. The molecule has 26 heavy (non-hydrogen) atoms. The van der Waals surface area contributed by atoms with Crippen LogP contribution in [0.5, 0.6) is 0 Å². The minimum absolute atomic E-state index is 0.254. The van der Waals surface area contributed by atoms with Gasteiger partial charge >= 0.3 is 0 Å². The Labute approximate surface area is 156 Å². The van der Waals surface area contributed by atoms with Gasteiger partial charge in [0, 0.05) is 29.7 Å². The Bertz CT molecular complexity index is 1090. The molecule has 1 aromatic heterocycles. The molecule has 2 heterocycles. The lowest BCUT2D eigenvalue weighted by molar-refractivity contribution is -0.113. The highest BCUT2D eigenvalue weighted by atomic mass is 32.2. The van der Waals surface area contributed by atoms with E-state index in [0.29, 0.717) is 10.6 Å². The van der Waals surface area contributed by atoms with Crippen molar-refractivity contribution in [3.63, 3.8) is 0 Å². The van der Waals surface area contributed by atoms with Gasteiger partial charge in [-0.1, -0.05) is 30.3 Å². The summed E-state index contributed by atoms with van der Waals surface area (Å²) < 4.78 is 2.02. The van der Waals surface area contributed by atoms with E-state index < -0.39 is 0 Å². The van der Waals surface area contributed by atoms with Gasteiger partial charge in [0.25, 0.3) is 11.1 Å². The maximum atomic E-state index is 12.9. The van der Waals surface area contributed by atoms with Crippen LogP contribution in [0.15, 0.2) is 53.6 Å². The van der Waals surface area contributed by atoms with Gasteiger partial charge in [-0.2, -0.15) is 0 Å². The van der Waals surface area contributed by atoms with E-state index in [0.717, 1.165) is 39.4 Å². The van der Waals surface area contributed by atoms with E-state index in [1.165, 1.54) is 4.90 Å². The molecule has 130 valence electrons. The average Bonchev–Trinajstić information content (AvgIpc) is 3.08. The van der Waals surface area contributed by atoms with Crippen molar-refractivity contribution in [3.8, 4) is 0 Å². The smallest absolute Gasteiger partial charge is 0.298 e. The molecule has 0 bridgehead atoms. The van der Waals surface area contributed by atoms with Gasteiger partial charge in [0.2, 0.25) is 0 Å². The van der Waals surface area contributed by atoms with Gasteiger partial charge < -0.3 is 4.57 Å². The lowest BCUT2D eigenvalue weighted by Gasteiger charge is -2.15. The summed E-state index contributed by atoms with van der Waals surface area (Å²) in [5, 5.41) is 0.809. The number of aromatic nitrogens is 1. The molecule has 2 aromatic carbocycles. The quantitative estimate of drug-likeness (QED) is 0.600. The molecular weight excluding hydrogens is 344 g/mol. The van der Waals surface area contributed by atoms with E-state index in [1.807, 2.05) is 80.2 Å². The van der Waals surface area contributed by atoms with Crippen LogP contribution in [0.2, 0.25) is 0 Å². The number of aryl methyl sites for hydroxylation is 3. The molecule has 1 saturated heterocycles. The van der Waals surface area contributed by atoms with E-state index >= 15 is 0 Å². The molecule has 0 N–H and O–H groups in total. The Balaban J connectivity index is 1.77. The maximum absolute atomic E-state index is 12.9. The average molecular weight is 362 g/mol. The maximum Gasteiger partial charge on any atom is 0.298 e. The first-order valence-electron chi connectivity index (χ1n) is 8.35. The number of thioether (sulfide) groups is 1. The normalized spacial score (nSPS) is 16.3. The summed E-state index contributed by atoms with van der Waals surface area (Å²) in [6.07, 6.45) is 3.80. The van der Waals surface area contributed by atoms with Crippen molar-refractivity contribution in [1.29, 1.82) is 0 Å². The molecule has 0 unspecified atom stereocenters. The summed E-state index contributed by atoms with van der Waals surface area (Å²) in [4.78, 5) is 27.2. The molecule has 4 rings (SSSR count). The van der Waals surface area contributed by atoms with Gasteiger partial charge in [-0.25, -0.2) is 4.90 Å². The third kappa shape index (κ3) is 2.65. The summed E-state index contributed by atoms with van der Waals surface area (Å²) in [6.45, 7) is 3.86. The zero-order valence-corrected chi connectivity index (χ0v) is 15.6. The van der Waals surface area contributed by atoms with Gasteiger partial charge in [-0.15, -0.1) is 0 Å². The minimum atomic E-state index is -0.262. The monoisotopic (exact) mass is 362 g/mol. The number of hydrogen-bond donors (Lipinski definition) is 0. The lowest BCUT2D eigenvalue weighted by Crippen LogP contribution is -2.28. The number of hydrogen-bond acceptors (Lipinski definition) is 3. The molecule has 1 fully saturated rings. The molecular formula is C21H18N2O2S. The molecule has 0 saturated carbocycles. The van der Waals surface area contributed by atoms with E-state index in [4.69, 9.17) is 0 Å². The van der Waals surface area contributed by atoms with Crippen molar-refractivity contribution in [2.24, 2.45) is 7.05 Å². The summed E-state index contributed by atoms with van der Waals surface area (Å²) in [5.41, 5.74) is 4.61. The number of carbonyl (C=O) groups excluding carboxylic acids is 2. The number of nitrogens with zero attached hydrogens (tertiary/aromatic N) is 2. The third-order valence-electron chi connectivity index (χ3n) is 4.61. The van der Waals surface area contributed by atoms with Crippen LogP contribution in [0.25, 0.3) is 17.0 Å². The van der Waals surface area contributed by atoms with Gasteiger partial charge in [0.05, 0.1) is 10.6 Å². The third-order valence-corrected chi connectivity index (χ3v) is 5.48. The number of benzene rings is 2. The minimum Gasteiger partial charge on any atom is -0.350 e. The summed E-state index contributed by atoms with van der Waals surface area (Å²) in [7, 11) is 1.97. The van der Waals surface area contributed by atoms with Crippen molar-refractivity contribution < 1.29 is 9.59 Å². The van der Waals surface area contributed by atoms with Crippen LogP contribution in [0, 0.1) is 13.8 Å². The van der Waals surface area contributed by atoms with Crippen molar-refractivity contribution in [2.45, 2.75) is 13.8 Å². The van der Waals surface area contributed by atoms with E-state index in [9.17, 15) is 9.59 Å². The van der Waals surface area contributed by atoms with Crippen molar-refractivity contribution in [1.82, 2.24) is 4.57 Å². The van der Waals surface area contributed by atoms with Crippen LogP contribution in [0.3, 0.4) is 0 Å². The number of fused-ring (bicyclic) bond motifs is 1. The topological polar surface area (TPSA) is 42.3 Å². The van der Waals surface area contributed by atoms with Crippen LogP contribution in [-0.4, -0.2) is 15.7 Å². The fraction of sp³-hybridized carbons (Fsp3) is 0.143. The standard InChI is InChI=1S/C21H18N2O2S/c1-13-8-9-14(2)18(10-13)23-20(24)19(26-21(23)25)11-15-12-22(3)17-7-5-4-6-16(15)17/h4-12H,1-3H3/b19-11-. The second-order valence-electron chi connectivity index (χ2n) is 6.52. The van der Waals surface area contributed by atoms with Crippen LogP contribution in [0.4, 0.5) is 10.5 Å². The Kier molecular flexibility index (Phi) is 3.96. The lowest BCUT2D eigenvalue weighted by atomic mass is 10.1. The second kappa shape index (κ2) is 6.18. The second-order valence-corrected chi connectivity index (χ2v) is 7.51. The van der Waals surface area contributed by atoms with Crippen molar-refractivity contribution in [2.75, 3.05) is 4.90 Å². The Morgan fingerprint density at radius 1 is 1.04 bits per heavy atom. The summed E-state index contributed by atoms with van der Waals surface area (Å²) in [6, 6.07) is 13.8. The Morgan fingerprint density at radius 3 is 2.62 bits per heavy atom. The molecule has 0 aliphatic carbocycles. The highest BCUT2D eigenvalue weighted by Gasteiger charge is 2.37. The number of amides is 2. The fourth-order valence-corrected chi connectivity index (χ4v) is 4.09. The molecule has 2 amide bonds. The SMILES string of the molecule is Cc1ccc(C)c(N2C(=O)S/C(=C\c3cn(C)c4ccccc34)C2=O)c1. The fourth-order valence-electron chi connectivity index (χ4n) is 3.27. The molecule has 0 radical (unpaired) electrons. The number of para-hydroxylation sites is 1. The molecule has 3 aromatic rings. The zero-order chi connectivity index (χ0) is 18.4. The summed E-state index contributed by atoms with van der Waals surface area (Å²) >= 11 is 0.993. The molecule has 0 atom stereocenters. The highest BCUT2D eigenvalue weighted by molar-refractivity contribution is 8.19. The molecule has 5 heteroatoms. The van der Waals surface area contributed by atoms with E-state index in [-0.39, 0.29) is 11.1 Å². The van der Waals surface area contributed by atoms with Gasteiger partial charge in [0.15, 0.2) is 0 Å².